The minimum Gasteiger partial charge on any atom is -0.408 e. The molecular weight excluding hydrogens is 322 g/mol. The summed E-state index contributed by atoms with van der Waals surface area (Å²) >= 11 is 0. The lowest BCUT2D eigenvalue weighted by Crippen LogP contribution is -2.41. The van der Waals surface area contributed by atoms with Crippen LogP contribution in [0.1, 0.15) is 6.42 Å². The van der Waals surface area contributed by atoms with Gasteiger partial charge in [-0.25, -0.2) is 17.9 Å². The summed E-state index contributed by atoms with van der Waals surface area (Å²) in [6.07, 6.45) is 0.632. The quantitative estimate of drug-likeness (QED) is 0.800. The first-order valence-corrected chi connectivity index (χ1v) is 8.85. The van der Waals surface area contributed by atoms with E-state index in [1.54, 1.807) is 0 Å². The fraction of sp³-hybridized carbons (Fsp3) is 0.500. The first-order chi connectivity index (χ1) is 10.9. The maximum Gasteiger partial charge on any atom is 0.417 e. The molecule has 8 nitrogen and oxygen atoms in total. The second kappa shape index (κ2) is 6.44. The highest BCUT2D eigenvalue weighted by Gasteiger charge is 2.20. The Labute approximate surface area is 133 Å². The highest BCUT2D eigenvalue weighted by Crippen LogP contribution is 2.16. The van der Waals surface area contributed by atoms with E-state index in [1.807, 2.05) is 7.05 Å². The fourth-order valence-electron chi connectivity index (χ4n) is 2.57. The number of H-pyrrole nitrogens is 1. The lowest BCUT2D eigenvalue weighted by molar-refractivity contribution is -0.0222. The zero-order valence-electron chi connectivity index (χ0n) is 12.7. The SMILES string of the molecule is CN1CCOC(CCNS(=O)(=O)c2ccc3[nH]c(=O)oc3c2)C1. The smallest absolute Gasteiger partial charge is 0.408 e. The van der Waals surface area contributed by atoms with Crippen LogP contribution in [0.3, 0.4) is 0 Å². The largest absolute Gasteiger partial charge is 0.417 e. The molecule has 0 aliphatic carbocycles. The number of likely N-dealkylation sites (N-methyl/N-ethyl adjacent to an activating group) is 1. The van der Waals surface area contributed by atoms with Gasteiger partial charge >= 0.3 is 5.76 Å². The van der Waals surface area contributed by atoms with Gasteiger partial charge in [0.2, 0.25) is 10.0 Å². The predicted molar refractivity (Wildman–Crippen MR) is 83.9 cm³/mol. The van der Waals surface area contributed by atoms with Crippen molar-refractivity contribution in [1.29, 1.82) is 0 Å². The third-order valence-electron chi connectivity index (χ3n) is 3.80. The van der Waals surface area contributed by atoms with E-state index in [4.69, 9.17) is 9.15 Å². The van der Waals surface area contributed by atoms with Gasteiger partial charge in [0.15, 0.2) is 5.58 Å². The van der Waals surface area contributed by atoms with E-state index in [-0.39, 0.29) is 23.1 Å². The topological polar surface area (TPSA) is 105 Å². The van der Waals surface area contributed by atoms with Crippen molar-refractivity contribution >= 4 is 21.1 Å². The summed E-state index contributed by atoms with van der Waals surface area (Å²) in [5, 5.41) is 0. The summed E-state index contributed by atoms with van der Waals surface area (Å²) < 4.78 is 37.6. The van der Waals surface area contributed by atoms with Crippen molar-refractivity contribution in [2.24, 2.45) is 0 Å². The van der Waals surface area contributed by atoms with E-state index < -0.39 is 15.8 Å². The van der Waals surface area contributed by atoms with E-state index in [9.17, 15) is 13.2 Å². The normalized spacial score (nSPS) is 20.1. The van der Waals surface area contributed by atoms with E-state index in [2.05, 4.69) is 14.6 Å². The Hall–Kier alpha value is -1.68. The molecule has 1 aromatic heterocycles. The molecule has 1 saturated heterocycles. The van der Waals surface area contributed by atoms with Gasteiger partial charge in [-0.1, -0.05) is 0 Å². The molecule has 0 bridgehead atoms. The molecule has 0 amide bonds. The van der Waals surface area contributed by atoms with Crippen LogP contribution in [0.4, 0.5) is 0 Å². The molecule has 1 atom stereocenters. The Bertz CT molecular complexity index is 841. The number of benzene rings is 1. The van der Waals surface area contributed by atoms with Gasteiger partial charge in [0.05, 0.1) is 23.1 Å². The molecule has 1 unspecified atom stereocenters. The lowest BCUT2D eigenvalue weighted by Gasteiger charge is -2.30. The number of oxazole rings is 1. The molecule has 1 aromatic carbocycles. The van der Waals surface area contributed by atoms with Crippen molar-refractivity contribution in [3.05, 3.63) is 28.7 Å². The van der Waals surface area contributed by atoms with Gasteiger partial charge in [0.1, 0.15) is 0 Å². The second-order valence-electron chi connectivity index (χ2n) is 5.61. The van der Waals surface area contributed by atoms with Crippen LogP contribution in [0, 0.1) is 0 Å². The summed E-state index contributed by atoms with van der Waals surface area (Å²) in [7, 11) is -1.64. The zero-order valence-corrected chi connectivity index (χ0v) is 13.6. The molecule has 126 valence electrons. The molecule has 2 aromatic rings. The maximum absolute atomic E-state index is 12.3. The van der Waals surface area contributed by atoms with Crippen LogP contribution in [0.5, 0.6) is 0 Å². The molecule has 0 spiro atoms. The Morgan fingerprint density at radius 2 is 2.26 bits per heavy atom. The Morgan fingerprint density at radius 1 is 1.43 bits per heavy atom. The first-order valence-electron chi connectivity index (χ1n) is 7.37. The van der Waals surface area contributed by atoms with E-state index >= 15 is 0 Å². The predicted octanol–water partition coefficient (Wildman–Crippen LogP) is 0.120. The number of rotatable bonds is 5. The number of hydrogen-bond acceptors (Lipinski definition) is 6. The van der Waals surface area contributed by atoms with Crippen molar-refractivity contribution in [2.45, 2.75) is 17.4 Å². The number of morpholine rings is 1. The van der Waals surface area contributed by atoms with Crippen LogP contribution in [0.25, 0.3) is 11.1 Å². The molecule has 0 saturated carbocycles. The lowest BCUT2D eigenvalue weighted by atomic mass is 10.2. The number of fused-ring (bicyclic) bond motifs is 1. The van der Waals surface area contributed by atoms with Crippen LogP contribution >= 0.6 is 0 Å². The summed E-state index contributed by atoms with van der Waals surface area (Å²) in [4.78, 5) is 15.8. The van der Waals surface area contributed by atoms with Gasteiger partial charge in [-0.3, -0.25) is 4.98 Å². The average Bonchev–Trinajstić information content (AvgIpc) is 2.86. The summed E-state index contributed by atoms with van der Waals surface area (Å²) in [5.41, 5.74) is 0.683. The highest BCUT2D eigenvalue weighted by molar-refractivity contribution is 7.89. The van der Waals surface area contributed by atoms with Crippen LogP contribution in [0.15, 0.2) is 32.3 Å². The van der Waals surface area contributed by atoms with Crippen molar-refractivity contribution < 1.29 is 17.6 Å². The summed E-state index contributed by atoms with van der Waals surface area (Å²) in [5.74, 6) is -0.610. The highest BCUT2D eigenvalue weighted by atomic mass is 32.2. The Kier molecular flexibility index (Phi) is 4.53. The molecule has 23 heavy (non-hydrogen) atoms. The van der Waals surface area contributed by atoms with E-state index in [1.165, 1.54) is 18.2 Å². The number of sulfonamides is 1. The number of nitrogens with zero attached hydrogens (tertiary/aromatic N) is 1. The number of aromatic amines is 1. The summed E-state index contributed by atoms with van der Waals surface area (Å²) in [6, 6.07) is 4.27. The van der Waals surface area contributed by atoms with Gasteiger partial charge in [0.25, 0.3) is 0 Å². The standard InChI is InChI=1S/C14H19N3O5S/c1-17-6-7-21-10(9-17)4-5-15-23(19,20)11-2-3-12-13(8-11)22-14(18)16-12/h2-3,8,10,15H,4-7,9H2,1H3,(H,16,18). The number of nitrogens with one attached hydrogen (secondary N) is 2. The second-order valence-corrected chi connectivity index (χ2v) is 7.38. The van der Waals surface area contributed by atoms with Crippen LogP contribution < -0.4 is 10.5 Å². The van der Waals surface area contributed by atoms with Crippen LogP contribution in [0.2, 0.25) is 0 Å². The fourth-order valence-corrected chi connectivity index (χ4v) is 3.63. The van der Waals surface area contributed by atoms with Gasteiger partial charge in [-0.15, -0.1) is 0 Å². The van der Waals surface area contributed by atoms with Crippen LogP contribution in [-0.4, -0.2) is 57.7 Å². The van der Waals surface area contributed by atoms with Gasteiger partial charge in [0, 0.05) is 25.7 Å². The third-order valence-corrected chi connectivity index (χ3v) is 5.26. The molecule has 0 radical (unpaired) electrons. The monoisotopic (exact) mass is 341 g/mol. The van der Waals surface area contributed by atoms with Crippen molar-refractivity contribution in [3.63, 3.8) is 0 Å². The van der Waals surface area contributed by atoms with Crippen molar-refractivity contribution in [3.8, 4) is 0 Å². The Morgan fingerprint density at radius 3 is 3.04 bits per heavy atom. The number of hydrogen-bond donors (Lipinski definition) is 2. The van der Waals surface area contributed by atoms with Gasteiger partial charge in [-0.05, 0) is 25.6 Å². The van der Waals surface area contributed by atoms with Crippen molar-refractivity contribution in [1.82, 2.24) is 14.6 Å². The Balaban J connectivity index is 1.64. The van der Waals surface area contributed by atoms with Crippen LogP contribution in [-0.2, 0) is 14.8 Å². The molecule has 2 N–H and O–H groups in total. The van der Waals surface area contributed by atoms with Gasteiger partial charge < -0.3 is 14.1 Å². The molecular formula is C14H19N3O5S. The third kappa shape index (κ3) is 3.81. The zero-order chi connectivity index (χ0) is 16.4. The minimum atomic E-state index is -3.65. The first kappa shape index (κ1) is 16.2. The average molecular weight is 341 g/mol. The summed E-state index contributed by atoms with van der Waals surface area (Å²) in [6.45, 7) is 2.64. The molecule has 1 aliphatic heterocycles. The molecule has 1 fully saturated rings. The van der Waals surface area contributed by atoms with E-state index in [0.717, 1.165) is 13.1 Å². The number of ether oxygens (including phenoxy) is 1. The van der Waals surface area contributed by atoms with E-state index in [0.29, 0.717) is 18.5 Å². The van der Waals surface area contributed by atoms with Gasteiger partial charge in [-0.2, -0.15) is 0 Å². The molecule has 2 heterocycles. The minimum absolute atomic E-state index is 0.0293. The molecule has 9 heteroatoms. The van der Waals surface area contributed by atoms with Crippen molar-refractivity contribution in [2.75, 3.05) is 33.3 Å². The molecule has 3 rings (SSSR count). The number of aromatic nitrogens is 1. The molecule has 1 aliphatic rings. The maximum atomic E-state index is 12.3.